The van der Waals surface area contributed by atoms with Crippen molar-refractivity contribution in [2.24, 2.45) is 11.3 Å². The van der Waals surface area contributed by atoms with Crippen LogP contribution in [0.15, 0.2) is 78.4 Å². The average molecular weight is 407 g/mol. The lowest BCUT2D eigenvalue weighted by atomic mass is 9.76. The fraction of sp³-hybridized carbons (Fsp3) is 0.407. The lowest BCUT2D eigenvalue weighted by Crippen LogP contribution is -2.36. The fourth-order valence-corrected chi connectivity index (χ4v) is 3.67. The van der Waals surface area contributed by atoms with Crippen LogP contribution in [0.1, 0.15) is 40.2 Å². The molecule has 0 amide bonds. The molecule has 0 radical (unpaired) electrons. The second-order valence-electron chi connectivity index (χ2n) is 8.80. The van der Waals surface area contributed by atoms with Crippen molar-refractivity contribution in [3.8, 4) is 11.5 Å². The minimum Gasteiger partial charge on any atom is -0.457 e. The molecule has 0 heterocycles. The predicted molar refractivity (Wildman–Crippen MR) is 123 cm³/mol. The molecule has 0 aromatic heterocycles. The van der Waals surface area contributed by atoms with Gasteiger partial charge in [-0.05, 0) is 49.2 Å². The van der Waals surface area contributed by atoms with E-state index in [0.717, 1.165) is 17.1 Å². The number of ether oxygens (including phenoxy) is 3. The molecular weight excluding hydrogens is 372 g/mol. The third kappa shape index (κ3) is 5.62. The van der Waals surface area contributed by atoms with E-state index < -0.39 is 0 Å². The Labute approximate surface area is 181 Å². The quantitative estimate of drug-likeness (QED) is 0.451. The molecule has 0 N–H and O–H groups in total. The molecule has 1 aliphatic rings. The normalized spacial score (nSPS) is 21.4. The molecule has 2 unspecified atom stereocenters. The second-order valence-corrected chi connectivity index (χ2v) is 8.80. The van der Waals surface area contributed by atoms with Crippen molar-refractivity contribution in [2.75, 3.05) is 13.2 Å². The maximum Gasteiger partial charge on any atom is 0.127 e. The molecule has 2 aromatic carbocycles. The molecule has 3 heteroatoms. The van der Waals surface area contributed by atoms with Crippen LogP contribution in [0.5, 0.6) is 11.5 Å². The molecule has 2 aromatic rings. The Bertz CT molecular complexity index is 882. The summed E-state index contributed by atoms with van der Waals surface area (Å²) in [5.41, 5.74) is 2.10. The molecule has 1 aliphatic carbocycles. The Kier molecular flexibility index (Phi) is 7.17. The monoisotopic (exact) mass is 406 g/mol. The first-order valence-corrected chi connectivity index (χ1v) is 10.8. The highest BCUT2D eigenvalue weighted by Crippen LogP contribution is 2.37. The van der Waals surface area contributed by atoms with Crippen LogP contribution in [0, 0.1) is 11.3 Å². The average Bonchev–Trinajstić information content (AvgIpc) is 2.71. The summed E-state index contributed by atoms with van der Waals surface area (Å²) in [6.45, 7) is 12.8. The molecule has 3 rings (SSSR count). The summed E-state index contributed by atoms with van der Waals surface area (Å²) in [6.07, 6.45) is 6.73. The number of benzene rings is 2. The molecule has 0 spiro atoms. The van der Waals surface area contributed by atoms with Crippen LogP contribution in [0.4, 0.5) is 0 Å². The van der Waals surface area contributed by atoms with Crippen molar-refractivity contribution < 1.29 is 14.2 Å². The van der Waals surface area contributed by atoms with Gasteiger partial charge in [-0.2, -0.15) is 0 Å². The summed E-state index contributed by atoms with van der Waals surface area (Å²) in [4.78, 5) is 0. The lowest BCUT2D eigenvalue weighted by Gasteiger charge is -2.37. The number of hydrogen-bond acceptors (Lipinski definition) is 3. The van der Waals surface area contributed by atoms with Gasteiger partial charge in [0.15, 0.2) is 0 Å². The summed E-state index contributed by atoms with van der Waals surface area (Å²) in [6, 6.07) is 17.9. The zero-order valence-corrected chi connectivity index (χ0v) is 18.9. The van der Waals surface area contributed by atoms with Crippen molar-refractivity contribution in [2.45, 2.75) is 46.8 Å². The molecule has 0 fully saturated rings. The topological polar surface area (TPSA) is 27.7 Å². The van der Waals surface area contributed by atoms with Gasteiger partial charge in [0.2, 0.25) is 0 Å². The molecule has 30 heavy (non-hydrogen) atoms. The number of rotatable bonds is 9. The van der Waals surface area contributed by atoms with Crippen LogP contribution in [0.2, 0.25) is 0 Å². The van der Waals surface area contributed by atoms with Crippen LogP contribution in [-0.2, 0) is 16.1 Å². The van der Waals surface area contributed by atoms with Crippen LogP contribution < -0.4 is 4.74 Å². The van der Waals surface area contributed by atoms with E-state index >= 15 is 0 Å². The van der Waals surface area contributed by atoms with Gasteiger partial charge in [-0.25, -0.2) is 0 Å². The van der Waals surface area contributed by atoms with Crippen molar-refractivity contribution in [1.82, 2.24) is 0 Å². The van der Waals surface area contributed by atoms with E-state index in [1.165, 1.54) is 5.57 Å². The van der Waals surface area contributed by atoms with E-state index in [0.29, 0.717) is 25.7 Å². The molecule has 0 bridgehead atoms. The zero-order chi connectivity index (χ0) is 21.6. The Morgan fingerprint density at radius 2 is 1.73 bits per heavy atom. The van der Waals surface area contributed by atoms with E-state index in [1.54, 1.807) is 0 Å². The Balaban J connectivity index is 1.57. The summed E-state index contributed by atoms with van der Waals surface area (Å²) in [5, 5.41) is 0. The molecule has 0 saturated carbocycles. The third-order valence-electron chi connectivity index (χ3n) is 5.77. The second kappa shape index (κ2) is 9.63. The molecule has 0 saturated heterocycles. The summed E-state index contributed by atoms with van der Waals surface area (Å²) < 4.78 is 18.0. The number of para-hydroxylation sites is 1. The van der Waals surface area contributed by atoms with Gasteiger partial charge in [0, 0.05) is 17.9 Å². The molecular formula is C27H34O3. The van der Waals surface area contributed by atoms with E-state index in [4.69, 9.17) is 14.2 Å². The molecule has 2 atom stereocenters. The Hall–Kier alpha value is -2.36. The minimum atomic E-state index is -0.228. The van der Waals surface area contributed by atoms with E-state index in [9.17, 15) is 0 Å². The fourth-order valence-electron chi connectivity index (χ4n) is 3.67. The van der Waals surface area contributed by atoms with Crippen LogP contribution in [0.3, 0.4) is 0 Å². The highest BCUT2D eigenvalue weighted by Gasteiger charge is 2.33. The number of allylic oxidation sites excluding steroid dienone is 1. The van der Waals surface area contributed by atoms with Crippen molar-refractivity contribution >= 4 is 0 Å². The first kappa shape index (κ1) is 22.3. The van der Waals surface area contributed by atoms with Gasteiger partial charge in [-0.3, -0.25) is 0 Å². The molecule has 160 valence electrons. The summed E-state index contributed by atoms with van der Waals surface area (Å²) >= 11 is 0. The minimum absolute atomic E-state index is 0.0730. The number of hydrogen-bond donors (Lipinski definition) is 0. The zero-order valence-electron chi connectivity index (χ0n) is 18.9. The summed E-state index contributed by atoms with van der Waals surface area (Å²) in [5.74, 6) is 1.98. The summed E-state index contributed by atoms with van der Waals surface area (Å²) in [7, 11) is 0. The van der Waals surface area contributed by atoms with E-state index in [1.807, 2.05) is 55.5 Å². The first-order chi connectivity index (χ1) is 14.3. The van der Waals surface area contributed by atoms with Crippen molar-refractivity contribution in [1.29, 1.82) is 0 Å². The van der Waals surface area contributed by atoms with Gasteiger partial charge >= 0.3 is 0 Å². The molecule has 0 aliphatic heterocycles. The lowest BCUT2D eigenvalue weighted by molar-refractivity contribution is -0.0145. The van der Waals surface area contributed by atoms with Gasteiger partial charge in [-0.1, -0.05) is 69.3 Å². The molecule has 3 nitrogen and oxygen atoms in total. The van der Waals surface area contributed by atoms with Gasteiger partial charge in [0.1, 0.15) is 11.5 Å². The van der Waals surface area contributed by atoms with Crippen LogP contribution >= 0.6 is 0 Å². The van der Waals surface area contributed by atoms with Crippen LogP contribution in [0.25, 0.3) is 0 Å². The third-order valence-corrected chi connectivity index (χ3v) is 5.77. The largest absolute Gasteiger partial charge is 0.457 e. The van der Waals surface area contributed by atoms with E-state index in [-0.39, 0.29) is 11.0 Å². The smallest absolute Gasteiger partial charge is 0.127 e. The van der Waals surface area contributed by atoms with Crippen molar-refractivity contribution in [3.63, 3.8) is 0 Å². The highest BCUT2D eigenvalue weighted by molar-refractivity contribution is 5.35. The maximum absolute atomic E-state index is 6.12. The van der Waals surface area contributed by atoms with Crippen LogP contribution in [-0.4, -0.2) is 18.8 Å². The van der Waals surface area contributed by atoms with Gasteiger partial charge in [-0.15, -0.1) is 0 Å². The Morgan fingerprint density at radius 1 is 1.00 bits per heavy atom. The maximum atomic E-state index is 6.12. The first-order valence-electron chi connectivity index (χ1n) is 10.8. The van der Waals surface area contributed by atoms with Gasteiger partial charge in [0.05, 0.1) is 18.8 Å². The Morgan fingerprint density at radius 3 is 2.43 bits per heavy atom. The highest BCUT2D eigenvalue weighted by atomic mass is 16.5. The van der Waals surface area contributed by atoms with E-state index in [2.05, 4.69) is 52.0 Å². The SMILES string of the molecule is CCOC1(C)C=CC(C(C)(C)COCc2cccc(Oc3ccccc3)c2)=CC1C. The predicted octanol–water partition coefficient (Wildman–Crippen LogP) is 6.95. The van der Waals surface area contributed by atoms with Gasteiger partial charge < -0.3 is 14.2 Å². The van der Waals surface area contributed by atoms with Gasteiger partial charge in [0.25, 0.3) is 0 Å². The van der Waals surface area contributed by atoms with Crippen molar-refractivity contribution in [3.05, 3.63) is 84.0 Å². The standard InChI is InChI=1S/C27H34O3/c1-6-29-27(5)16-15-23(17-21(27)2)26(3,4)20-28-19-22-11-10-14-25(18-22)30-24-12-8-7-9-13-24/h7-18,21H,6,19-20H2,1-5H3.